The van der Waals surface area contributed by atoms with Gasteiger partial charge in [0.05, 0.1) is 6.10 Å². The maximum absolute atomic E-state index is 13.4. The highest BCUT2D eigenvalue weighted by atomic mass is 16.5. The Kier molecular flexibility index (Phi) is 6.75. The number of nitrogens with one attached hydrogen (secondary N) is 1. The lowest BCUT2D eigenvalue weighted by Crippen LogP contribution is -2.32. The Morgan fingerprint density at radius 2 is 2.15 bits per heavy atom. The third-order valence-electron chi connectivity index (χ3n) is 5.75. The summed E-state index contributed by atoms with van der Waals surface area (Å²) >= 11 is 0. The van der Waals surface area contributed by atoms with Crippen LogP contribution in [0.5, 0.6) is 11.6 Å². The molecule has 34 heavy (non-hydrogen) atoms. The lowest BCUT2D eigenvalue weighted by molar-refractivity contribution is -0.117. The van der Waals surface area contributed by atoms with Gasteiger partial charge in [-0.25, -0.2) is 0 Å². The van der Waals surface area contributed by atoms with E-state index in [-0.39, 0.29) is 23.1 Å². The van der Waals surface area contributed by atoms with Crippen molar-refractivity contribution < 1.29 is 14.3 Å². The number of hydrogen-bond donors (Lipinski definition) is 1. The van der Waals surface area contributed by atoms with Gasteiger partial charge in [0.25, 0.3) is 11.5 Å². The number of rotatable bonds is 6. The third kappa shape index (κ3) is 4.85. The van der Waals surface area contributed by atoms with Crippen molar-refractivity contribution in [3.05, 3.63) is 74.7 Å². The summed E-state index contributed by atoms with van der Waals surface area (Å²) < 4.78 is 13.0. The number of benzene rings is 1. The number of fused-ring (bicyclic) bond motifs is 1. The molecule has 0 bridgehead atoms. The molecule has 4 rings (SSSR count). The van der Waals surface area contributed by atoms with E-state index < -0.39 is 11.5 Å². The molecule has 1 aromatic carbocycles. The van der Waals surface area contributed by atoms with E-state index in [1.54, 1.807) is 18.3 Å². The van der Waals surface area contributed by atoms with Gasteiger partial charge >= 0.3 is 0 Å². The molecule has 0 unspecified atom stereocenters. The molecule has 3 heterocycles. The summed E-state index contributed by atoms with van der Waals surface area (Å²) in [6.07, 6.45) is 4.57. The van der Waals surface area contributed by atoms with E-state index in [9.17, 15) is 14.9 Å². The molecule has 2 aromatic heterocycles. The Hall–Kier alpha value is -3.96. The minimum atomic E-state index is -0.579. The van der Waals surface area contributed by atoms with Crippen molar-refractivity contribution in [2.75, 3.05) is 13.2 Å². The lowest BCUT2D eigenvalue weighted by Gasteiger charge is -2.13. The van der Waals surface area contributed by atoms with Gasteiger partial charge < -0.3 is 14.8 Å². The number of nitriles is 1. The summed E-state index contributed by atoms with van der Waals surface area (Å²) in [5.74, 6) is -0.0124. The molecule has 0 spiro atoms. The molecule has 1 amide bonds. The van der Waals surface area contributed by atoms with Gasteiger partial charge in [-0.3, -0.25) is 14.0 Å². The zero-order chi connectivity index (χ0) is 24.2. The maximum atomic E-state index is 13.4. The van der Waals surface area contributed by atoms with Gasteiger partial charge in [0.15, 0.2) is 0 Å². The van der Waals surface area contributed by atoms with Crippen LogP contribution in [0.25, 0.3) is 11.7 Å². The first-order valence-electron chi connectivity index (χ1n) is 11.2. The lowest BCUT2D eigenvalue weighted by atomic mass is 10.1. The summed E-state index contributed by atoms with van der Waals surface area (Å²) in [7, 11) is 0. The minimum Gasteiger partial charge on any atom is -0.438 e. The Balaban J connectivity index is 1.78. The van der Waals surface area contributed by atoms with Crippen LogP contribution in [0.4, 0.5) is 0 Å². The maximum Gasteiger partial charge on any atom is 0.269 e. The molecular weight excluding hydrogens is 432 g/mol. The molecule has 8 nitrogen and oxygen atoms in total. The second-order valence-corrected chi connectivity index (χ2v) is 8.41. The fourth-order valence-electron chi connectivity index (χ4n) is 3.91. The number of nitrogens with zero attached hydrogens (tertiary/aromatic N) is 3. The standard InChI is InChI=1S/C26H26N4O4/c1-16-8-9-22(18(3)12-16)34-25-21(26(32)30-10-4-6-17(2)23(30)29-25)13-19(14-27)24(31)28-15-20-7-5-11-33-20/h4,6,8-10,12-13,20H,5,7,11,15H2,1-3H3,(H,28,31)/b19-13+/t20-/m1/s1. The molecule has 0 aliphatic carbocycles. The number of amides is 1. The number of carbonyl (C=O) groups is 1. The van der Waals surface area contributed by atoms with Gasteiger partial charge in [-0.1, -0.05) is 23.8 Å². The average Bonchev–Trinajstić information content (AvgIpc) is 3.34. The minimum absolute atomic E-state index is 0.0203. The number of hydrogen-bond acceptors (Lipinski definition) is 6. The predicted octanol–water partition coefficient (Wildman–Crippen LogP) is 3.61. The first kappa shape index (κ1) is 23.2. The van der Waals surface area contributed by atoms with Crippen molar-refractivity contribution in [3.63, 3.8) is 0 Å². The molecule has 8 heteroatoms. The normalized spacial score (nSPS) is 15.8. The van der Waals surface area contributed by atoms with Crippen molar-refractivity contribution in [1.82, 2.24) is 14.7 Å². The van der Waals surface area contributed by atoms with Crippen LogP contribution < -0.4 is 15.6 Å². The molecule has 174 valence electrons. The van der Waals surface area contributed by atoms with Crippen LogP contribution in [0.15, 0.2) is 46.9 Å². The van der Waals surface area contributed by atoms with Crippen molar-refractivity contribution in [2.24, 2.45) is 0 Å². The summed E-state index contributed by atoms with van der Waals surface area (Å²) in [6.45, 7) is 6.69. The van der Waals surface area contributed by atoms with Crippen LogP contribution in [0.1, 0.15) is 35.1 Å². The van der Waals surface area contributed by atoms with Crippen molar-refractivity contribution in [1.29, 1.82) is 5.26 Å². The number of carbonyl (C=O) groups excluding carboxylic acids is 1. The molecule has 1 aliphatic heterocycles. The average molecular weight is 459 g/mol. The molecule has 1 saturated heterocycles. The van der Waals surface area contributed by atoms with E-state index >= 15 is 0 Å². The Labute approximate surface area is 197 Å². The van der Waals surface area contributed by atoms with E-state index in [0.717, 1.165) is 29.5 Å². The van der Waals surface area contributed by atoms with Gasteiger partial charge in [-0.05, 0) is 62.9 Å². The smallest absolute Gasteiger partial charge is 0.269 e. The first-order valence-corrected chi connectivity index (χ1v) is 11.2. The number of ether oxygens (including phenoxy) is 2. The monoisotopic (exact) mass is 458 g/mol. The SMILES string of the molecule is Cc1ccc(Oc2nc3c(C)cccn3c(=O)c2/C=C(\C#N)C(=O)NC[C@H]2CCCO2)c(C)c1. The third-order valence-corrected chi connectivity index (χ3v) is 5.75. The molecule has 1 fully saturated rings. The molecule has 1 N–H and O–H groups in total. The van der Waals surface area contributed by atoms with Crippen LogP contribution >= 0.6 is 0 Å². The Bertz CT molecular complexity index is 1380. The van der Waals surface area contributed by atoms with Crippen LogP contribution in [-0.4, -0.2) is 34.5 Å². The zero-order valence-electron chi connectivity index (χ0n) is 19.4. The molecule has 1 atom stereocenters. The van der Waals surface area contributed by atoms with Gasteiger partial charge in [-0.15, -0.1) is 0 Å². The topological polar surface area (TPSA) is 106 Å². The van der Waals surface area contributed by atoms with Crippen molar-refractivity contribution >= 4 is 17.6 Å². The highest BCUT2D eigenvalue weighted by molar-refractivity contribution is 6.01. The van der Waals surface area contributed by atoms with Crippen LogP contribution in [0.2, 0.25) is 0 Å². The summed E-state index contributed by atoms with van der Waals surface area (Å²) in [5, 5.41) is 12.4. The van der Waals surface area contributed by atoms with Gasteiger partial charge in [-0.2, -0.15) is 10.2 Å². The highest BCUT2D eigenvalue weighted by Crippen LogP contribution is 2.28. The van der Waals surface area contributed by atoms with Crippen LogP contribution in [0, 0.1) is 32.1 Å². The fourth-order valence-corrected chi connectivity index (χ4v) is 3.91. The first-order chi connectivity index (χ1) is 16.4. The van der Waals surface area contributed by atoms with E-state index in [1.165, 1.54) is 10.5 Å². The van der Waals surface area contributed by atoms with Crippen molar-refractivity contribution in [2.45, 2.75) is 39.7 Å². The molecule has 3 aromatic rings. The second kappa shape index (κ2) is 9.89. The summed E-state index contributed by atoms with van der Waals surface area (Å²) in [6, 6.07) is 11.1. The Morgan fingerprint density at radius 3 is 2.85 bits per heavy atom. The van der Waals surface area contributed by atoms with E-state index in [2.05, 4.69) is 10.3 Å². The van der Waals surface area contributed by atoms with E-state index in [4.69, 9.17) is 9.47 Å². The fraction of sp³-hybridized carbons (Fsp3) is 0.308. The molecule has 0 saturated carbocycles. The van der Waals surface area contributed by atoms with E-state index in [0.29, 0.717) is 24.5 Å². The quantitative estimate of drug-likeness (QED) is 0.447. The van der Waals surface area contributed by atoms with Crippen molar-refractivity contribution in [3.8, 4) is 17.7 Å². The van der Waals surface area contributed by atoms with Gasteiger partial charge in [0.2, 0.25) is 5.88 Å². The predicted molar refractivity (Wildman–Crippen MR) is 128 cm³/mol. The van der Waals surface area contributed by atoms with Gasteiger partial charge in [0, 0.05) is 19.3 Å². The highest BCUT2D eigenvalue weighted by Gasteiger charge is 2.20. The summed E-state index contributed by atoms with van der Waals surface area (Å²) in [5.41, 5.74) is 2.54. The number of aryl methyl sites for hydroxylation is 3. The molecule has 1 aliphatic rings. The van der Waals surface area contributed by atoms with E-state index in [1.807, 2.05) is 45.0 Å². The number of pyridine rings is 1. The van der Waals surface area contributed by atoms with Gasteiger partial charge in [0.1, 0.15) is 28.6 Å². The molecular formula is C26H26N4O4. The second-order valence-electron chi connectivity index (χ2n) is 8.41. The Morgan fingerprint density at radius 1 is 1.32 bits per heavy atom. The van der Waals surface area contributed by atoms with Crippen LogP contribution in [0.3, 0.4) is 0 Å². The zero-order valence-corrected chi connectivity index (χ0v) is 19.4. The number of aromatic nitrogens is 2. The summed E-state index contributed by atoms with van der Waals surface area (Å²) in [4.78, 5) is 30.7. The molecule has 0 radical (unpaired) electrons. The largest absolute Gasteiger partial charge is 0.438 e. The van der Waals surface area contributed by atoms with Crippen LogP contribution in [-0.2, 0) is 9.53 Å².